The summed E-state index contributed by atoms with van der Waals surface area (Å²) in [5, 5.41) is 85.5. The Balaban J connectivity index is 1.55. The van der Waals surface area contributed by atoms with Crippen LogP contribution in [0.5, 0.6) is 0 Å². The number of rotatable bonds is 36. The Morgan fingerprint density at radius 1 is 0.542 bits per heavy atom. The van der Waals surface area contributed by atoms with E-state index >= 15 is 0 Å². The molecule has 0 aromatic heterocycles. The van der Waals surface area contributed by atoms with Crippen LogP contribution in [0.15, 0.2) is 0 Å². The van der Waals surface area contributed by atoms with Crippen molar-refractivity contribution in [2.45, 2.75) is 261 Å². The molecular formula is C45H87NO13. The molecule has 2 rings (SSSR count). The van der Waals surface area contributed by atoms with Crippen LogP contribution in [-0.2, 0) is 23.7 Å². The maximum Gasteiger partial charge on any atom is 0.220 e. The van der Waals surface area contributed by atoms with E-state index in [2.05, 4.69) is 12.2 Å². The summed E-state index contributed by atoms with van der Waals surface area (Å²) in [6.45, 7) is 2.31. The quantitative estimate of drug-likeness (QED) is 0.0377. The zero-order valence-corrected chi connectivity index (χ0v) is 36.8. The largest absolute Gasteiger partial charge is 0.394 e. The van der Waals surface area contributed by atoms with E-state index < -0.39 is 86.8 Å². The fourth-order valence-corrected chi connectivity index (χ4v) is 8.14. The van der Waals surface area contributed by atoms with Crippen molar-refractivity contribution in [1.29, 1.82) is 0 Å². The molecule has 2 heterocycles. The second kappa shape index (κ2) is 33.5. The van der Waals surface area contributed by atoms with Gasteiger partial charge < -0.3 is 65.1 Å². The van der Waals surface area contributed by atoms with Crippen molar-refractivity contribution in [2.24, 2.45) is 0 Å². The van der Waals surface area contributed by atoms with Crippen LogP contribution >= 0.6 is 0 Å². The smallest absolute Gasteiger partial charge is 0.220 e. The van der Waals surface area contributed by atoms with E-state index in [4.69, 9.17) is 18.9 Å². The first-order valence-corrected chi connectivity index (χ1v) is 23.8. The first kappa shape index (κ1) is 54.1. The van der Waals surface area contributed by atoms with Crippen molar-refractivity contribution in [2.75, 3.05) is 19.8 Å². The highest BCUT2D eigenvalue weighted by atomic mass is 16.7. The fourth-order valence-electron chi connectivity index (χ4n) is 8.14. The lowest BCUT2D eigenvalue weighted by molar-refractivity contribution is -0.359. The van der Waals surface area contributed by atoms with E-state index in [0.717, 1.165) is 25.7 Å². The van der Waals surface area contributed by atoms with Crippen LogP contribution in [0.2, 0.25) is 0 Å². The predicted molar refractivity (Wildman–Crippen MR) is 226 cm³/mol. The molecule has 0 aromatic carbocycles. The number of aliphatic hydroxyl groups is 8. The van der Waals surface area contributed by atoms with E-state index in [1.165, 1.54) is 135 Å². The minimum absolute atomic E-state index is 0.188. The number of unbranched alkanes of at least 4 members (excludes halogenated alkanes) is 24. The number of carbonyl (C=O) groups excluding carboxylic acids is 1. The number of hydrogen-bond donors (Lipinski definition) is 9. The molecule has 1 amide bonds. The number of ether oxygens (including phenoxy) is 4. The van der Waals surface area contributed by atoms with Gasteiger partial charge in [0.1, 0.15) is 48.8 Å². The van der Waals surface area contributed by atoms with E-state index in [1.807, 2.05) is 0 Å². The average Bonchev–Trinajstić information content (AvgIpc) is 3.24. The fraction of sp³-hybridized carbons (Fsp3) is 0.978. The number of carbonyl (C=O) groups is 1. The van der Waals surface area contributed by atoms with Crippen molar-refractivity contribution >= 4 is 5.91 Å². The summed E-state index contributed by atoms with van der Waals surface area (Å²) in [7, 11) is 0. The normalized spacial score (nSPS) is 28.4. The number of amides is 1. The van der Waals surface area contributed by atoms with Gasteiger partial charge in [-0.2, -0.15) is 0 Å². The van der Waals surface area contributed by atoms with Crippen LogP contribution in [0.3, 0.4) is 0 Å². The van der Waals surface area contributed by atoms with Gasteiger partial charge in [0.25, 0.3) is 0 Å². The van der Waals surface area contributed by atoms with Gasteiger partial charge in [-0.05, 0) is 6.42 Å². The molecule has 14 nitrogen and oxygen atoms in total. The minimum Gasteiger partial charge on any atom is -0.394 e. The van der Waals surface area contributed by atoms with Crippen LogP contribution in [0, 0.1) is 0 Å². The molecule has 2 aliphatic rings. The lowest BCUT2D eigenvalue weighted by atomic mass is 9.97. The Morgan fingerprint density at radius 2 is 0.949 bits per heavy atom. The van der Waals surface area contributed by atoms with Gasteiger partial charge in [0.2, 0.25) is 5.91 Å². The third-order valence-corrected chi connectivity index (χ3v) is 12.1. The SMILES string of the molecule is CCCCCCCCCCCCCCCCCCCCCCCCCCCC(O)C(COC1OC(CO)C(OC2OC(CO)C(O)C(O)C2O)C(O)C1O)NC(=O)CC. The van der Waals surface area contributed by atoms with E-state index in [1.54, 1.807) is 6.92 Å². The van der Waals surface area contributed by atoms with Gasteiger partial charge in [0, 0.05) is 6.42 Å². The van der Waals surface area contributed by atoms with E-state index in [9.17, 15) is 45.6 Å². The van der Waals surface area contributed by atoms with Crippen LogP contribution in [-0.4, -0.2) is 140 Å². The van der Waals surface area contributed by atoms with Gasteiger partial charge in [-0.1, -0.05) is 174 Å². The lowest BCUT2D eigenvalue weighted by Crippen LogP contribution is -2.65. The van der Waals surface area contributed by atoms with Gasteiger partial charge in [-0.3, -0.25) is 4.79 Å². The third-order valence-electron chi connectivity index (χ3n) is 12.1. The van der Waals surface area contributed by atoms with Crippen molar-refractivity contribution in [3.63, 3.8) is 0 Å². The van der Waals surface area contributed by atoms with Crippen LogP contribution in [0.1, 0.15) is 187 Å². The molecule has 0 aliphatic carbocycles. The maximum absolute atomic E-state index is 12.3. The lowest BCUT2D eigenvalue weighted by Gasteiger charge is -2.46. The van der Waals surface area contributed by atoms with Gasteiger partial charge in [0.05, 0.1) is 32.0 Å². The van der Waals surface area contributed by atoms with Crippen LogP contribution in [0.4, 0.5) is 0 Å². The standard InChI is InChI=1S/C45H87NO13/c1-3-5-6-7-8-9-10-11-12-13-14-15-16-17-18-19-20-21-22-23-24-25-26-27-28-29-34(49)33(46-37(50)4-2)32-56-44-42(55)40(53)43(36(31-48)58-44)59-45-41(54)39(52)38(51)35(30-47)57-45/h33-36,38-45,47-49,51-55H,3-32H2,1-2H3,(H,46,50). The van der Waals surface area contributed by atoms with Gasteiger partial charge >= 0.3 is 0 Å². The molecule has 14 heteroatoms. The molecule has 0 bridgehead atoms. The zero-order chi connectivity index (χ0) is 43.3. The van der Waals surface area contributed by atoms with Crippen LogP contribution < -0.4 is 5.32 Å². The minimum atomic E-state index is -1.77. The molecule has 2 saturated heterocycles. The molecule has 0 aromatic rings. The van der Waals surface area contributed by atoms with Gasteiger partial charge in [-0.15, -0.1) is 0 Å². The topological polar surface area (TPSA) is 228 Å². The van der Waals surface area contributed by atoms with Gasteiger partial charge in [-0.25, -0.2) is 0 Å². The Kier molecular flexibility index (Phi) is 30.8. The van der Waals surface area contributed by atoms with Crippen molar-refractivity contribution in [3.05, 3.63) is 0 Å². The molecule has 0 spiro atoms. The van der Waals surface area contributed by atoms with Gasteiger partial charge in [0.15, 0.2) is 12.6 Å². The average molecular weight is 850 g/mol. The highest BCUT2D eigenvalue weighted by molar-refractivity contribution is 5.75. The van der Waals surface area contributed by atoms with E-state index in [0.29, 0.717) is 6.42 Å². The number of aliphatic hydroxyl groups excluding tert-OH is 8. The summed E-state index contributed by atoms with van der Waals surface area (Å²) in [6.07, 6.45) is 16.8. The summed E-state index contributed by atoms with van der Waals surface area (Å²) < 4.78 is 22.4. The Labute approximate surface area is 355 Å². The predicted octanol–water partition coefficient (Wildman–Crippen LogP) is 5.05. The molecular weight excluding hydrogens is 762 g/mol. The van der Waals surface area contributed by atoms with Crippen molar-refractivity contribution in [3.8, 4) is 0 Å². The number of nitrogens with one attached hydrogen (secondary N) is 1. The molecule has 59 heavy (non-hydrogen) atoms. The summed E-state index contributed by atoms with van der Waals surface area (Å²) >= 11 is 0. The first-order chi connectivity index (χ1) is 28.6. The zero-order valence-electron chi connectivity index (χ0n) is 36.8. The summed E-state index contributed by atoms with van der Waals surface area (Å²) in [5.74, 6) is -0.293. The molecule has 2 fully saturated rings. The Bertz CT molecular complexity index is 1010. The Hall–Kier alpha value is -1.01. The second-order valence-corrected chi connectivity index (χ2v) is 17.2. The van der Waals surface area contributed by atoms with Crippen molar-refractivity contribution < 1.29 is 64.6 Å². The Morgan fingerprint density at radius 3 is 1.37 bits per heavy atom. The molecule has 12 unspecified atom stereocenters. The molecule has 9 N–H and O–H groups in total. The van der Waals surface area contributed by atoms with Crippen LogP contribution in [0.25, 0.3) is 0 Å². The highest BCUT2D eigenvalue weighted by Crippen LogP contribution is 2.30. The maximum atomic E-state index is 12.3. The monoisotopic (exact) mass is 850 g/mol. The second-order valence-electron chi connectivity index (χ2n) is 17.2. The third kappa shape index (κ3) is 21.8. The summed E-state index contributed by atoms with van der Waals surface area (Å²) in [4.78, 5) is 12.3. The van der Waals surface area contributed by atoms with Crippen molar-refractivity contribution in [1.82, 2.24) is 5.32 Å². The molecule has 0 radical (unpaired) electrons. The molecule has 0 saturated carbocycles. The summed E-state index contributed by atoms with van der Waals surface area (Å²) in [5.41, 5.74) is 0. The highest BCUT2D eigenvalue weighted by Gasteiger charge is 2.51. The summed E-state index contributed by atoms with van der Waals surface area (Å²) in [6, 6.07) is -0.819. The number of hydrogen-bond acceptors (Lipinski definition) is 13. The molecule has 12 atom stereocenters. The van der Waals surface area contributed by atoms with E-state index in [-0.39, 0.29) is 18.9 Å². The first-order valence-electron chi connectivity index (χ1n) is 23.8. The molecule has 2 aliphatic heterocycles. The molecule has 350 valence electrons.